The SMILES string of the molecule is O=C(CN1CCCC1C1CCCC1)c1ccc(Cl)cc1. The van der Waals surface area contributed by atoms with E-state index >= 15 is 0 Å². The molecule has 0 N–H and O–H groups in total. The van der Waals surface area contributed by atoms with Gasteiger partial charge in [-0.25, -0.2) is 0 Å². The van der Waals surface area contributed by atoms with Gasteiger partial charge in [0.15, 0.2) is 5.78 Å². The lowest BCUT2D eigenvalue weighted by Crippen LogP contribution is -2.38. The largest absolute Gasteiger partial charge is 0.293 e. The van der Waals surface area contributed by atoms with Gasteiger partial charge in [0.1, 0.15) is 0 Å². The normalized spacial score (nSPS) is 24.4. The molecule has 0 spiro atoms. The Morgan fingerprint density at radius 1 is 1.10 bits per heavy atom. The lowest BCUT2D eigenvalue weighted by atomic mass is 9.95. The predicted octanol–water partition coefficient (Wildman–Crippen LogP) is 4.18. The molecule has 3 heteroatoms. The molecule has 20 heavy (non-hydrogen) atoms. The molecule has 1 aromatic carbocycles. The lowest BCUT2D eigenvalue weighted by Gasteiger charge is -2.28. The molecule has 1 heterocycles. The highest BCUT2D eigenvalue weighted by Gasteiger charge is 2.34. The van der Waals surface area contributed by atoms with Gasteiger partial charge in [0.2, 0.25) is 0 Å². The third kappa shape index (κ3) is 3.07. The van der Waals surface area contributed by atoms with E-state index in [1.807, 2.05) is 12.1 Å². The van der Waals surface area contributed by atoms with Crippen molar-refractivity contribution >= 4 is 17.4 Å². The standard InChI is InChI=1S/C17H22ClNO/c18-15-9-7-14(8-10-15)17(20)12-19-11-3-6-16(19)13-4-1-2-5-13/h7-10,13,16H,1-6,11-12H2. The quantitative estimate of drug-likeness (QED) is 0.776. The van der Waals surface area contributed by atoms with Gasteiger partial charge in [0.05, 0.1) is 6.54 Å². The van der Waals surface area contributed by atoms with Crippen molar-refractivity contribution in [3.63, 3.8) is 0 Å². The highest BCUT2D eigenvalue weighted by atomic mass is 35.5. The number of likely N-dealkylation sites (tertiary alicyclic amines) is 1. The number of ketones is 1. The summed E-state index contributed by atoms with van der Waals surface area (Å²) in [5.74, 6) is 1.06. The van der Waals surface area contributed by atoms with Crippen molar-refractivity contribution in [3.8, 4) is 0 Å². The fraction of sp³-hybridized carbons (Fsp3) is 0.588. The maximum Gasteiger partial charge on any atom is 0.176 e. The maximum absolute atomic E-state index is 12.4. The smallest absolute Gasteiger partial charge is 0.176 e. The average molecular weight is 292 g/mol. The molecule has 1 atom stereocenters. The van der Waals surface area contributed by atoms with E-state index in [1.165, 1.54) is 38.5 Å². The van der Waals surface area contributed by atoms with Gasteiger partial charge in [0, 0.05) is 16.6 Å². The van der Waals surface area contributed by atoms with Crippen LogP contribution in [0.2, 0.25) is 5.02 Å². The summed E-state index contributed by atoms with van der Waals surface area (Å²) in [5, 5.41) is 0.687. The van der Waals surface area contributed by atoms with Crippen LogP contribution in [-0.2, 0) is 0 Å². The van der Waals surface area contributed by atoms with Gasteiger partial charge in [-0.05, 0) is 62.4 Å². The molecule has 1 aliphatic carbocycles. The number of Topliss-reactive ketones (excluding diaryl/α,β-unsaturated/α-hetero) is 1. The molecule has 2 nitrogen and oxygen atoms in total. The number of rotatable bonds is 4. The van der Waals surface area contributed by atoms with Crippen LogP contribution in [0.25, 0.3) is 0 Å². The second-order valence-corrected chi connectivity index (χ2v) is 6.59. The van der Waals surface area contributed by atoms with E-state index < -0.39 is 0 Å². The van der Waals surface area contributed by atoms with Gasteiger partial charge in [-0.3, -0.25) is 9.69 Å². The minimum absolute atomic E-state index is 0.228. The Morgan fingerprint density at radius 2 is 1.80 bits per heavy atom. The zero-order chi connectivity index (χ0) is 13.9. The van der Waals surface area contributed by atoms with Crippen molar-refractivity contribution in [2.24, 2.45) is 5.92 Å². The van der Waals surface area contributed by atoms with E-state index in [0.717, 1.165) is 18.0 Å². The first kappa shape index (κ1) is 14.1. The van der Waals surface area contributed by atoms with E-state index in [0.29, 0.717) is 17.6 Å². The number of halogens is 1. The number of nitrogens with zero attached hydrogens (tertiary/aromatic N) is 1. The fourth-order valence-corrected chi connectivity index (χ4v) is 3.96. The third-order valence-corrected chi connectivity index (χ3v) is 5.12. The number of carbonyl (C=O) groups excluding carboxylic acids is 1. The summed E-state index contributed by atoms with van der Waals surface area (Å²) >= 11 is 5.87. The van der Waals surface area contributed by atoms with Crippen LogP contribution in [0.15, 0.2) is 24.3 Å². The molecule has 0 aromatic heterocycles. The summed E-state index contributed by atoms with van der Waals surface area (Å²) in [7, 11) is 0. The summed E-state index contributed by atoms with van der Waals surface area (Å²) in [5.41, 5.74) is 0.784. The van der Waals surface area contributed by atoms with Crippen LogP contribution in [0, 0.1) is 5.92 Å². The molecule has 1 aliphatic heterocycles. The molecular weight excluding hydrogens is 270 g/mol. The first-order valence-electron chi connectivity index (χ1n) is 7.77. The van der Waals surface area contributed by atoms with Crippen LogP contribution in [0.4, 0.5) is 0 Å². The van der Waals surface area contributed by atoms with E-state index in [2.05, 4.69) is 4.90 Å². The third-order valence-electron chi connectivity index (χ3n) is 4.87. The topological polar surface area (TPSA) is 20.3 Å². The summed E-state index contributed by atoms with van der Waals surface area (Å²) in [4.78, 5) is 14.8. The van der Waals surface area contributed by atoms with Crippen LogP contribution < -0.4 is 0 Å². The van der Waals surface area contributed by atoms with Crippen LogP contribution >= 0.6 is 11.6 Å². The minimum Gasteiger partial charge on any atom is -0.293 e. The van der Waals surface area contributed by atoms with Crippen LogP contribution in [0.3, 0.4) is 0 Å². The minimum atomic E-state index is 0.228. The molecule has 1 aromatic rings. The molecule has 1 saturated carbocycles. The van der Waals surface area contributed by atoms with Crippen LogP contribution in [-0.4, -0.2) is 29.8 Å². The molecule has 2 aliphatic rings. The highest BCUT2D eigenvalue weighted by Crippen LogP contribution is 2.35. The van der Waals surface area contributed by atoms with Crippen molar-refractivity contribution in [1.82, 2.24) is 4.90 Å². The Kier molecular flexibility index (Phi) is 4.42. The molecule has 2 fully saturated rings. The van der Waals surface area contributed by atoms with Gasteiger partial charge < -0.3 is 0 Å². The molecule has 0 amide bonds. The average Bonchev–Trinajstić information content (AvgIpc) is 3.09. The molecule has 0 bridgehead atoms. The zero-order valence-corrected chi connectivity index (χ0v) is 12.6. The molecule has 1 unspecified atom stereocenters. The Bertz CT molecular complexity index is 464. The van der Waals surface area contributed by atoms with Crippen LogP contribution in [0.5, 0.6) is 0 Å². The lowest BCUT2D eigenvalue weighted by molar-refractivity contribution is 0.0896. The number of benzene rings is 1. The predicted molar refractivity (Wildman–Crippen MR) is 82.3 cm³/mol. The summed E-state index contributed by atoms with van der Waals surface area (Å²) < 4.78 is 0. The van der Waals surface area contributed by atoms with E-state index in [4.69, 9.17) is 11.6 Å². The van der Waals surface area contributed by atoms with Gasteiger partial charge in [-0.2, -0.15) is 0 Å². The summed E-state index contributed by atoms with van der Waals surface area (Å²) in [6.45, 7) is 1.66. The van der Waals surface area contributed by atoms with Gasteiger partial charge in [-0.1, -0.05) is 24.4 Å². The van der Waals surface area contributed by atoms with Crippen molar-refractivity contribution in [2.45, 2.75) is 44.6 Å². The van der Waals surface area contributed by atoms with Gasteiger partial charge in [-0.15, -0.1) is 0 Å². The van der Waals surface area contributed by atoms with Gasteiger partial charge >= 0.3 is 0 Å². The van der Waals surface area contributed by atoms with Crippen molar-refractivity contribution in [2.75, 3.05) is 13.1 Å². The molecular formula is C17H22ClNO. The van der Waals surface area contributed by atoms with Gasteiger partial charge in [0.25, 0.3) is 0 Å². The molecule has 0 radical (unpaired) electrons. The van der Waals surface area contributed by atoms with E-state index in [9.17, 15) is 4.79 Å². The number of carbonyl (C=O) groups is 1. The van der Waals surface area contributed by atoms with E-state index in [-0.39, 0.29) is 5.78 Å². The second-order valence-electron chi connectivity index (χ2n) is 6.15. The first-order valence-corrected chi connectivity index (χ1v) is 8.14. The number of hydrogen-bond acceptors (Lipinski definition) is 2. The number of hydrogen-bond donors (Lipinski definition) is 0. The maximum atomic E-state index is 12.4. The summed E-state index contributed by atoms with van der Waals surface area (Å²) in [6.07, 6.45) is 7.99. The molecule has 1 saturated heterocycles. The van der Waals surface area contributed by atoms with Crippen LogP contribution in [0.1, 0.15) is 48.9 Å². The second kappa shape index (κ2) is 6.28. The Labute approximate surface area is 126 Å². The fourth-order valence-electron chi connectivity index (χ4n) is 3.84. The Balaban J connectivity index is 1.63. The summed E-state index contributed by atoms with van der Waals surface area (Å²) in [6, 6.07) is 7.92. The zero-order valence-electron chi connectivity index (χ0n) is 11.9. The highest BCUT2D eigenvalue weighted by molar-refractivity contribution is 6.30. The Morgan fingerprint density at radius 3 is 2.50 bits per heavy atom. The monoisotopic (exact) mass is 291 g/mol. The first-order chi connectivity index (χ1) is 9.74. The van der Waals surface area contributed by atoms with E-state index in [1.54, 1.807) is 12.1 Å². The van der Waals surface area contributed by atoms with Crippen molar-refractivity contribution in [1.29, 1.82) is 0 Å². The van der Waals surface area contributed by atoms with Crippen molar-refractivity contribution < 1.29 is 4.79 Å². The van der Waals surface area contributed by atoms with Crippen molar-refractivity contribution in [3.05, 3.63) is 34.9 Å². The molecule has 108 valence electrons. The molecule has 3 rings (SSSR count). The Hall–Kier alpha value is -0.860.